The summed E-state index contributed by atoms with van der Waals surface area (Å²) in [5, 5.41) is 24.3. The van der Waals surface area contributed by atoms with Gasteiger partial charge in [0.25, 0.3) is 0 Å². The van der Waals surface area contributed by atoms with Gasteiger partial charge in [-0.25, -0.2) is 4.79 Å². The molecule has 2 N–H and O–H groups in total. The van der Waals surface area contributed by atoms with E-state index in [4.69, 9.17) is 14.2 Å². The smallest absolute Gasteiger partial charge is 0.137 e. The summed E-state index contributed by atoms with van der Waals surface area (Å²) in [6, 6.07) is 7.01. The van der Waals surface area contributed by atoms with E-state index in [1.165, 1.54) is 6.08 Å². The molecule has 0 unspecified atom stereocenters. The molecule has 1 aromatic rings. The molecule has 0 aliphatic carbocycles. The van der Waals surface area contributed by atoms with Gasteiger partial charge in [-0.05, 0) is 50.8 Å². The number of nitrogens with zero attached hydrogens (tertiary/aromatic N) is 1. The maximum absolute atomic E-state index is 11.6. The topological polar surface area (TPSA) is 101 Å². The molecule has 2 atom stereocenters. The average Bonchev–Trinajstić information content (AvgIpc) is 2.83. The van der Waals surface area contributed by atoms with Crippen LogP contribution >= 0.6 is 0 Å². The molecular weight excluding hydrogens is 420 g/mol. The molecule has 0 bridgehead atoms. The highest BCUT2D eigenvalue weighted by Gasteiger charge is 2.48. The first-order valence-corrected chi connectivity index (χ1v) is 11.8. The van der Waals surface area contributed by atoms with Crippen LogP contribution in [0.1, 0.15) is 76.5 Å². The molecule has 1 aliphatic rings. The molecule has 0 fully saturated rings. The highest BCUT2D eigenvalue weighted by molar-refractivity contribution is 5.47. The number of unbranched alkanes of at least 4 members (excludes halogenated alkanes) is 2. The van der Waals surface area contributed by atoms with Crippen molar-refractivity contribution in [1.82, 2.24) is 5.32 Å². The van der Waals surface area contributed by atoms with Gasteiger partial charge in [0.05, 0.1) is 30.9 Å². The first-order valence-electron chi connectivity index (χ1n) is 11.8. The van der Waals surface area contributed by atoms with E-state index in [0.29, 0.717) is 23.7 Å². The molecule has 180 valence electrons. The molecular formula is C26H36N2O5. The largest absolute Gasteiger partial charge is 0.494 e. The molecule has 0 saturated heterocycles. The van der Waals surface area contributed by atoms with Crippen LogP contribution in [-0.4, -0.2) is 42.6 Å². The molecule has 0 saturated carbocycles. The summed E-state index contributed by atoms with van der Waals surface area (Å²) in [6.45, 7) is 6.88. The van der Waals surface area contributed by atoms with E-state index in [-0.39, 0.29) is 13.2 Å². The van der Waals surface area contributed by atoms with Gasteiger partial charge in [-0.3, -0.25) is 0 Å². The first kappa shape index (κ1) is 26.5. The van der Waals surface area contributed by atoms with Crippen LogP contribution < -0.4 is 10.1 Å². The van der Waals surface area contributed by atoms with Crippen LogP contribution in [0.2, 0.25) is 0 Å². The number of hydrogen-bond donors (Lipinski definition) is 2. The summed E-state index contributed by atoms with van der Waals surface area (Å²) in [5.41, 5.74) is 0.529. The lowest BCUT2D eigenvalue weighted by molar-refractivity contribution is -0.0975. The number of rotatable bonds is 14. The fraction of sp³-hybridized carbons (Fsp3) is 0.577. The third-order valence-corrected chi connectivity index (χ3v) is 5.83. The molecule has 33 heavy (non-hydrogen) atoms. The van der Waals surface area contributed by atoms with Crippen LogP contribution in [0.25, 0.3) is 0 Å². The van der Waals surface area contributed by atoms with Gasteiger partial charge in [0.1, 0.15) is 35.8 Å². The highest BCUT2D eigenvalue weighted by atomic mass is 16.5. The van der Waals surface area contributed by atoms with Crippen molar-refractivity contribution in [2.75, 3.05) is 19.8 Å². The van der Waals surface area contributed by atoms with E-state index >= 15 is 0 Å². The monoisotopic (exact) mass is 456 g/mol. The Morgan fingerprint density at radius 3 is 2.61 bits per heavy atom. The summed E-state index contributed by atoms with van der Waals surface area (Å²) >= 11 is 0. The van der Waals surface area contributed by atoms with Gasteiger partial charge in [-0.1, -0.05) is 26.7 Å². The molecule has 0 spiro atoms. The molecule has 1 aliphatic heterocycles. The van der Waals surface area contributed by atoms with Crippen molar-refractivity contribution in [2.24, 2.45) is 0 Å². The molecule has 0 amide bonds. The predicted octanol–water partition coefficient (Wildman–Crippen LogP) is 4.34. The molecule has 2 rings (SSSR count). The summed E-state index contributed by atoms with van der Waals surface area (Å²) in [5.74, 6) is 2.90. The fourth-order valence-corrected chi connectivity index (χ4v) is 4.11. The molecule has 7 nitrogen and oxygen atoms in total. The van der Waals surface area contributed by atoms with E-state index in [0.717, 1.165) is 44.1 Å². The zero-order valence-electron chi connectivity index (χ0n) is 19.9. The van der Waals surface area contributed by atoms with Crippen LogP contribution in [0.4, 0.5) is 0 Å². The lowest BCUT2D eigenvalue weighted by Gasteiger charge is -2.47. The molecule has 0 aromatic heterocycles. The van der Waals surface area contributed by atoms with Crippen molar-refractivity contribution >= 4 is 5.94 Å². The lowest BCUT2D eigenvalue weighted by Crippen LogP contribution is -2.55. The maximum atomic E-state index is 11.6. The number of aliphatic hydroxyl groups excluding tert-OH is 1. The summed E-state index contributed by atoms with van der Waals surface area (Å²) < 4.78 is 17.6. The second-order valence-corrected chi connectivity index (χ2v) is 8.21. The minimum atomic E-state index is -0.824. The van der Waals surface area contributed by atoms with Crippen LogP contribution in [0.15, 0.2) is 36.2 Å². The standard InChI is InChI=1S/C26H36N2O5/c1-4-7-12-26(13-8-5-2)25(30)24(22-16-20(17-27)10-11-23(22)33-26)28-18-21(32-6-3)19-31-15-9-14-29/h9-11,16,18,24-25,28,30H,4-8,12-13,15,19H2,1-3H3/t24-,25+/m1/s1. The van der Waals surface area contributed by atoms with E-state index in [2.05, 4.69) is 25.2 Å². The zero-order chi connectivity index (χ0) is 24.1. The fourth-order valence-electron chi connectivity index (χ4n) is 4.11. The van der Waals surface area contributed by atoms with Gasteiger partial charge >= 0.3 is 0 Å². The van der Waals surface area contributed by atoms with Gasteiger partial charge in [0.15, 0.2) is 0 Å². The van der Waals surface area contributed by atoms with E-state index < -0.39 is 17.7 Å². The second kappa shape index (κ2) is 13.7. The average molecular weight is 457 g/mol. The van der Waals surface area contributed by atoms with Gasteiger partial charge in [0.2, 0.25) is 0 Å². The Kier molecular flexibility index (Phi) is 11.0. The number of nitrogens with one attached hydrogen (secondary N) is 1. The van der Waals surface area contributed by atoms with Crippen LogP contribution in [0.3, 0.4) is 0 Å². The van der Waals surface area contributed by atoms with E-state index in [1.807, 2.05) is 13.0 Å². The lowest BCUT2D eigenvalue weighted by atomic mass is 9.77. The minimum absolute atomic E-state index is 0.138. The number of benzene rings is 1. The van der Waals surface area contributed by atoms with Crippen LogP contribution in [-0.2, 0) is 14.3 Å². The molecule has 1 heterocycles. The number of ether oxygens (including phenoxy) is 3. The Bertz CT molecular complexity index is 862. The Balaban J connectivity index is 2.41. The summed E-state index contributed by atoms with van der Waals surface area (Å²) in [4.78, 5) is 10.3. The number of carbonyl (C=O) groups excluding carboxylic acids is 1. The van der Waals surface area contributed by atoms with Crippen molar-refractivity contribution in [3.63, 3.8) is 0 Å². The van der Waals surface area contributed by atoms with Crippen molar-refractivity contribution < 1.29 is 24.1 Å². The summed E-state index contributed by atoms with van der Waals surface area (Å²) in [6.07, 6.45) is 7.50. The van der Waals surface area contributed by atoms with E-state index in [9.17, 15) is 15.2 Å². The zero-order valence-corrected chi connectivity index (χ0v) is 19.9. The maximum Gasteiger partial charge on any atom is 0.137 e. The van der Waals surface area contributed by atoms with Gasteiger partial charge in [-0.2, -0.15) is 5.26 Å². The SMILES string of the molecule is CCCCC1(CCCC)Oc2ccc(C#N)cc2[C@@H](NC=C(COCC=C=O)OCC)[C@@H]1O. The number of hydrogen-bond acceptors (Lipinski definition) is 7. The Morgan fingerprint density at radius 1 is 1.27 bits per heavy atom. The molecule has 0 radical (unpaired) electrons. The highest BCUT2D eigenvalue weighted by Crippen LogP contribution is 2.45. The first-order chi connectivity index (χ1) is 16.0. The Labute approximate surface area is 197 Å². The summed E-state index contributed by atoms with van der Waals surface area (Å²) in [7, 11) is 0. The number of fused-ring (bicyclic) bond motifs is 1. The quantitative estimate of drug-likeness (QED) is 0.244. The third-order valence-electron chi connectivity index (χ3n) is 5.83. The van der Waals surface area contributed by atoms with Gasteiger partial charge in [-0.15, -0.1) is 0 Å². The number of nitriles is 1. The van der Waals surface area contributed by atoms with Gasteiger partial charge < -0.3 is 24.6 Å². The molecule has 7 heteroatoms. The Hall–Kier alpha value is -2.78. The van der Waals surface area contributed by atoms with Crippen molar-refractivity contribution in [3.05, 3.63) is 47.4 Å². The third kappa shape index (κ3) is 7.10. The van der Waals surface area contributed by atoms with Crippen molar-refractivity contribution in [2.45, 2.75) is 77.0 Å². The normalized spacial score (nSPS) is 18.9. The van der Waals surface area contributed by atoms with Crippen LogP contribution in [0, 0.1) is 11.3 Å². The molecule has 1 aromatic carbocycles. The predicted molar refractivity (Wildman–Crippen MR) is 126 cm³/mol. The van der Waals surface area contributed by atoms with Crippen molar-refractivity contribution in [1.29, 1.82) is 5.26 Å². The van der Waals surface area contributed by atoms with Crippen molar-refractivity contribution in [3.8, 4) is 11.8 Å². The van der Waals surface area contributed by atoms with Crippen LogP contribution in [0.5, 0.6) is 5.75 Å². The number of aliphatic hydroxyl groups is 1. The second-order valence-electron chi connectivity index (χ2n) is 8.21. The van der Waals surface area contributed by atoms with E-state index in [1.54, 1.807) is 24.3 Å². The minimum Gasteiger partial charge on any atom is -0.494 e. The van der Waals surface area contributed by atoms with Gasteiger partial charge in [0, 0.05) is 17.8 Å². The Morgan fingerprint density at radius 2 is 2.00 bits per heavy atom.